The molecule has 20 heavy (non-hydrogen) atoms. The summed E-state index contributed by atoms with van der Waals surface area (Å²) in [6.07, 6.45) is 1.40. The van der Waals surface area contributed by atoms with Gasteiger partial charge in [-0.05, 0) is 37.6 Å². The first-order chi connectivity index (χ1) is 9.58. The van der Waals surface area contributed by atoms with Gasteiger partial charge in [-0.3, -0.25) is 4.98 Å². The minimum absolute atomic E-state index is 0.197. The lowest BCUT2D eigenvalue weighted by Gasteiger charge is -2.04. The van der Waals surface area contributed by atoms with Gasteiger partial charge in [-0.2, -0.15) is 0 Å². The van der Waals surface area contributed by atoms with Crippen LogP contribution in [-0.4, -0.2) is 21.0 Å². The fourth-order valence-corrected chi connectivity index (χ4v) is 2.54. The van der Waals surface area contributed by atoms with E-state index in [9.17, 15) is 4.79 Å². The van der Waals surface area contributed by atoms with E-state index in [4.69, 9.17) is 5.11 Å². The molecule has 0 atom stereocenters. The average Bonchev–Trinajstić information content (AvgIpc) is 2.76. The zero-order valence-corrected chi connectivity index (χ0v) is 11.3. The molecule has 4 nitrogen and oxygen atoms in total. The van der Waals surface area contributed by atoms with Gasteiger partial charge >= 0.3 is 5.97 Å². The van der Waals surface area contributed by atoms with E-state index in [1.807, 2.05) is 19.1 Å². The van der Waals surface area contributed by atoms with Crippen molar-refractivity contribution in [3.63, 3.8) is 0 Å². The number of pyridine rings is 1. The van der Waals surface area contributed by atoms with Crippen molar-refractivity contribution in [3.8, 4) is 11.3 Å². The molecule has 4 heteroatoms. The van der Waals surface area contributed by atoms with E-state index in [0.29, 0.717) is 0 Å². The maximum atomic E-state index is 10.9. The van der Waals surface area contributed by atoms with Crippen LogP contribution in [0, 0.1) is 13.8 Å². The van der Waals surface area contributed by atoms with Crippen molar-refractivity contribution in [3.05, 3.63) is 53.3 Å². The fraction of sp³-hybridized carbons (Fsp3) is 0.125. The van der Waals surface area contributed by atoms with Gasteiger partial charge < -0.3 is 10.1 Å². The van der Waals surface area contributed by atoms with E-state index >= 15 is 0 Å². The third-order valence-electron chi connectivity index (χ3n) is 3.49. The SMILES string of the molecule is Cc1[nH]c2cccc(C)c2c1-c1ccc(C(=O)O)cn1. The highest BCUT2D eigenvalue weighted by Crippen LogP contribution is 2.32. The van der Waals surface area contributed by atoms with E-state index < -0.39 is 5.97 Å². The molecule has 0 radical (unpaired) electrons. The second-order valence-corrected chi connectivity index (χ2v) is 4.86. The standard InChI is InChI=1S/C16H14N2O2/c1-9-4-3-5-13-14(9)15(10(2)18-13)12-7-6-11(8-17-12)16(19)20/h3-8,18H,1-2H3,(H,19,20). The summed E-state index contributed by atoms with van der Waals surface area (Å²) in [5.41, 5.74) is 5.29. The summed E-state index contributed by atoms with van der Waals surface area (Å²) < 4.78 is 0. The van der Waals surface area contributed by atoms with Gasteiger partial charge in [-0.1, -0.05) is 12.1 Å². The number of aromatic amines is 1. The Balaban J connectivity index is 2.23. The maximum absolute atomic E-state index is 10.9. The highest BCUT2D eigenvalue weighted by atomic mass is 16.4. The van der Waals surface area contributed by atoms with E-state index in [1.165, 1.54) is 11.8 Å². The first-order valence-electron chi connectivity index (χ1n) is 6.35. The Labute approximate surface area is 116 Å². The van der Waals surface area contributed by atoms with E-state index in [2.05, 4.69) is 23.0 Å². The molecule has 2 N–H and O–H groups in total. The molecule has 0 aliphatic heterocycles. The summed E-state index contributed by atoms with van der Waals surface area (Å²) in [5, 5.41) is 10.1. The summed E-state index contributed by atoms with van der Waals surface area (Å²) in [6.45, 7) is 4.06. The summed E-state index contributed by atoms with van der Waals surface area (Å²) in [4.78, 5) is 18.5. The molecule has 100 valence electrons. The Bertz CT molecular complexity index is 801. The molecule has 2 heterocycles. The number of hydrogen-bond donors (Lipinski definition) is 2. The number of carboxylic acid groups (broad SMARTS) is 1. The number of carboxylic acids is 1. The van der Waals surface area contributed by atoms with Gasteiger partial charge in [0.2, 0.25) is 0 Å². The number of H-pyrrole nitrogens is 1. The summed E-state index contributed by atoms with van der Waals surface area (Å²) in [5.74, 6) is -0.962. The summed E-state index contributed by atoms with van der Waals surface area (Å²) >= 11 is 0. The van der Waals surface area contributed by atoms with Gasteiger partial charge in [0.25, 0.3) is 0 Å². The molecule has 0 spiro atoms. The van der Waals surface area contributed by atoms with Crippen molar-refractivity contribution in [1.82, 2.24) is 9.97 Å². The topological polar surface area (TPSA) is 66.0 Å². The van der Waals surface area contributed by atoms with Gasteiger partial charge in [-0.25, -0.2) is 4.79 Å². The quantitative estimate of drug-likeness (QED) is 0.745. The van der Waals surface area contributed by atoms with Gasteiger partial charge in [0.1, 0.15) is 0 Å². The number of hydrogen-bond acceptors (Lipinski definition) is 2. The van der Waals surface area contributed by atoms with Crippen LogP contribution in [0.1, 0.15) is 21.6 Å². The molecule has 2 aromatic heterocycles. The number of nitrogens with zero attached hydrogens (tertiary/aromatic N) is 1. The van der Waals surface area contributed by atoms with Crippen LogP contribution in [0.5, 0.6) is 0 Å². The van der Waals surface area contributed by atoms with Gasteiger partial charge in [-0.15, -0.1) is 0 Å². The van der Waals surface area contributed by atoms with Crippen LogP contribution in [-0.2, 0) is 0 Å². The number of aromatic carboxylic acids is 1. The number of aryl methyl sites for hydroxylation is 2. The fourth-order valence-electron chi connectivity index (χ4n) is 2.54. The molecule has 3 aromatic rings. The van der Waals surface area contributed by atoms with Crippen molar-refractivity contribution in [2.24, 2.45) is 0 Å². The first-order valence-corrected chi connectivity index (χ1v) is 6.35. The molecule has 0 aliphatic rings. The van der Waals surface area contributed by atoms with Crippen LogP contribution >= 0.6 is 0 Å². The van der Waals surface area contributed by atoms with Crippen molar-refractivity contribution >= 4 is 16.9 Å². The molecule has 0 saturated carbocycles. The third-order valence-corrected chi connectivity index (χ3v) is 3.49. The Morgan fingerprint density at radius 1 is 1.20 bits per heavy atom. The lowest BCUT2D eigenvalue weighted by atomic mass is 10.0. The van der Waals surface area contributed by atoms with Gasteiger partial charge in [0, 0.05) is 28.4 Å². The lowest BCUT2D eigenvalue weighted by molar-refractivity contribution is 0.0696. The number of nitrogens with one attached hydrogen (secondary N) is 1. The molecule has 0 saturated heterocycles. The molecule has 0 aliphatic carbocycles. The van der Waals surface area contributed by atoms with Crippen molar-refractivity contribution in [1.29, 1.82) is 0 Å². The van der Waals surface area contributed by atoms with Crippen LogP contribution in [0.4, 0.5) is 0 Å². The number of benzene rings is 1. The number of rotatable bonds is 2. The smallest absolute Gasteiger partial charge is 0.337 e. The second-order valence-electron chi connectivity index (χ2n) is 4.86. The molecule has 0 fully saturated rings. The molecular weight excluding hydrogens is 252 g/mol. The van der Waals surface area contributed by atoms with Crippen LogP contribution in [0.15, 0.2) is 36.5 Å². The average molecular weight is 266 g/mol. The molecule has 3 rings (SSSR count). The Kier molecular flexibility index (Phi) is 2.79. The molecular formula is C16H14N2O2. The van der Waals surface area contributed by atoms with Crippen LogP contribution < -0.4 is 0 Å². The van der Waals surface area contributed by atoms with Gasteiger partial charge in [0.05, 0.1) is 11.3 Å². The Morgan fingerprint density at radius 3 is 2.65 bits per heavy atom. The lowest BCUT2D eigenvalue weighted by Crippen LogP contribution is -1.97. The van der Waals surface area contributed by atoms with E-state index in [-0.39, 0.29) is 5.56 Å². The van der Waals surface area contributed by atoms with E-state index in [0.717, 1.165) is 27.9 Å². The molecule has 0 unspecified atom stereocenters. The van der Waals surface area contributed by atoms with Crippen molar-refractivity contribution < 1.29 is 9.90 Å². The normalized spacial score (nSPS) is 10.9. The number of aromatic nitrogens is 2. The second kappa shape index (κ2) is 4.49. The zero-order chi connectivity index (χ0) is 14.3. The van der Waals surface area contributed by atoms with Crippen molar-refractivity contribution in [2.45, 2.75) is 13.8 Å². The predicted molar refractivity (Wildman–Crippen MR) is 78.0 cm³/mol. The predicted octanol–water partition coefficient (Wildman–Crippen LogP) is 3.54. The zero-order valence-electron chi connectivity index (χ0n) is 11.3. The van der Waals surface area contributed by atoms with E-state index in [1.54, 1.807) is 12.1 Å². The highest BCUT2D eigenvalue weighted by molar-refractivity contribution is 5.99. The number of fused-ring (bicyclic) bond motifs is 1. The maximum Gasteiger partial charge on any atom is 0.337 e. The molecule has 1 aromatic carbocycles. The van der Waals surface area contributed by atoms with Crippen molar-refractivity contribution in [2.75, 3.05) is 0 Å². The summed E-state index contributed by atoms with van der Waals surface area (Å²) in [7, 11) is 0. The number of carbonyl (C=O) groups is 1. The molecule has 0 amide bonds. The summed E-state index contributed by atoms with van der Waals surface area (Å²) in [6, 6.07) is 9.44. The van der Waals surface area contributed by atoms with Crippen LogP contribution in [0.3, 0.4) is 0 Å². The Hall–Kier alpha value is -2.62. The molecule has 0 bridgehead atoms. The third kappa shape index (κ3) is 1.86. The van der Waals surface area contributed by atoms with Crippen LogP contribution in [0.25, 0.3) is 22.2 Å². The minimum Gasteiger partial charge on any atom is -0.478 e. The Morgan fingerprint density at radius 2 is 2.00 bits per heavy atom. The monoisotopic (exact) mass is 266 g/mol. The minimum atomic E-state index is -0.962. The highest BCUT2D eigenvalue weighted by Gasteiger charge is 2.14. The first kappa shape index (κ1) is 12.4. The van der Waals surface area contributed by atoms with Gasteiger partial charge in [0.15, 0.2) is 0 Å². The van der Waals surface area contributed by atoms with Crippen LogP contribution in [0.2, 0.25) is 0 Å². The largest absolute Gasteiger partial charge is 0.478 e.